The van der Waals surface area contributed by atoms with Crippen LogP contribution in [0.25, 0.3) is 27.9 Å². The van der Waals surface area contributed by atoms with Crippen LogP contribution in [0.3, 0.4) is 0 Å². The molecule has 0 unspecified atom stereocenters. The fourth-order valence-corrected chi connectivity index (χ4v) is 3.80. The van der Waals surface area contributed by atoms with Crippen molar-refractivity contribution in [3.8, 4) is 11.8 Å². The van der Waals surface area contributed by atoms with E-state index >= 15 is 0 Å². The SMILES string of the molecule is CCCOc1ccc2ccccc2c1/C=C(\C#N)Sc1nc2ccccc2[nH]1. The number of para-hydroxylation sites is 2. The van der Waals surface area contributed by atoms with E-state index in [4.69, 9.17) is 4.74 Å². The highest BCUT2D eigenvalue weighted by Crippen LogP contribution is 2.34. The normalized spacial score (nSPS) is 11.6. The minimum absolute atomic E-state index is 0.553. The van der Waals surface area contributed by atoms with Gasteiger partial charge in [-0.15, -0.1) is 0 Å². The second-order valence-corrected chi connectivity index (χ2v) is 7.36. The molecule has 4 aromatic rings. The number of fused-ring (bicyclic) bond motifs is 2. The molecule has 28 heavy (non-hydrogen) atoms. The van der Waals surface area contributed by atoms with Gasteiger partial charge in [0.25, 0.3) is 0 Å². The summed E-state index contributed by atoms with van der Waals surface area (Å²) in [6.45, 7) is 2.71. The lowest BCUT2D eigenvalue weighted by Crippen LogP contribution is -1.97. The first-order chi connectivity index (χ1) is 13.8. The molecule has 0 aliphatic rings. The molecule has 0 aliphatic carbocycles. The van der Waals surface area contributed by atoms with E-state index in [1.807, 2.05) is 48.5 Å². The number of hydrogen-bond donors (Lipinski definition) is 1. The van der Waals surface area contributed by atoms with Gasteiger partial charge in [-0.1, -0.05) is 49.4 Å². The van der Waals surface area contributed by atoms with Crippen LogP contribution in [0.2, 0.25) is 0 Å². The number of nitrogens with one attached hydrogen (secondary N) is 1. The Morgan fingerprint density at radius 1 is 1.14 bits per heavy atom. The van der Waals surface area contributed by atoms with Crippen molar-refractivity contribution in [1.29, 1.82) is 5.26 Å². The number of nitriles is 1. The van der Waals surface area contributed by atoms with Gasteiger partial charge in [0.15, 0.2) is 5.16 Å². The van der Waals surface area contributed by atoms with E-state index in [2.05, 4.69) is 41.2 Å². The number of hydrogen-bond acceptors (Lipinski definition) is 4. The number of nitrogens with zero attached hydrogens (tertiary/aromatic N) is 2. The Balaban J connectivity index is 1.76. The van der Waals surface area contributed by atoms with Gasteiger partial charge in [-0.3, -0.25) is 0 Å². The molecule has 0 bridgehead atoms. The Bertz CT molecular complexity index is 1170. The van der Waals surface area contributed by atoms with Crippen LogP contribution in [-0.4, -0.2) is 16.6 Å². The predicted molar refractivity (Wildman–Crippen MR) is 115 cm³/mol. The minimum Gasteiger partial charge on any atom is -0.493 e. The number of thioether (sulfide) groups is 1. The lowest BCUT2D eigenvalue weighted by molar-refractivity contribution is 0.317. The van der Waals surface area contributed by atoms with E-state index in [1.54, 1.807) is 0 Å². The second-order valence-electron chi connectivity index (χ2n) is 6.33. The Kier molecular flexibility index (Phi) is 5.31. The first-order valence-electron chi connectivity index (χ1n) is 9.17. The molecule has 1 heterocycles. The van der Waals surface area contributed by atoms with Crippen LogP contribution in [0.15, 0.2) is 70.7 Å². The molecule has 0 spiro atoms. The number of H-pyrrole nitrogens is 1. The third-order valence-electron chi connectivity index (χ3n) is 4.35. The topological polar surface area (TPSA) is 61.7 Å². The van der Waals surface area contributed by atoms with Gasteiger partial charge in [0.2, 0.25) is 0 Å². The summed E-state index contributed by atoms with van der Waals surface area (Å²) >= 11 is 1.33. The van der Waals surface area contributed by atoms with E-state index in [9.17, 15) is 5.26 Å². The van der Waals surface area contributed by atoms with Gasteiger partial charge < -0.3 is 9.72 Å². The number of allylic oxidation sites excluding steroid dienone is 1. The van der Waals surface area contributed by atoms with Crippen LogP contribution in [0.1, 0.15) is 18.9 Å². The summed E-state index contributed by atoms with van der Waals surface area (Å²) in [6.07, 6.45) is 2.82. The summed E-state index contributed by atoms with van der Waals surface area (Å²) < 4.78 is 5.95. The Morgan fingerprint density at radius 2 is 1.96 bits per heavy atom. The molecule has 0 fully saturated rings. The fourth-order valence-electron chi connectivity index (χ4n) is 3.06. The quantitative estimate of drug-likeness (QED) is 0.319. The maximum atomic E-state index is 9.74. The Labute approximate surface area is 167 Å². The molecule has 0 atom stereocenters. The summed E-state index contributed by atoms with van der Waals surface area (Å²) in [4.78, 5) is 8.37. The van der Waals surface area contributed by atoms with Crippen LogP contribution < -0.4 is 4.74 Å². The highest BCUT2D eigenvalue weighted by atomic mass is 32.2. The van der Waals surface area contributed by atoms with Gasteiger partial charge in [-0.25, -0.2) is 4.98 Å². The number of rotatable bonds is 6. The number of aromatic nitrogens is 2. The van der Waals surface area contributed by atoms with Crippen molar-refractivity contribution in [2.24, 2.45) is 0 Å². The summed E-state index contributed by atoms with van der Waals surface area (Å²) in [6, 6.07) is 22.3. The van der Waals surface area contributed by atoms with Crippen molar-refractivity contribution in [2.75, 3.05) is 6.61 Å². The van der Waals surface area contributed by atoms with Gasteiger partial charge in [0, 0.05) is 5.56 Å². The average molecular weight is 385 g/mol. The standard InChI is InChI=1S/C23H19N3OS/c1-2-13-27-22-12-11-16-7-3-4-8-18(16)19(22)14-17(15-24)28-23-25-20-9-5-6-10-21(20)26-23/h3-12,14H,2,13H2,1H3,(H,25,26)/b17-14+. The summed E-state index contributed by atoms with van der Waals surface area (Å²) in [5, 5.41) is 12.6. The van der Waals surface area contributed by atoms with Crippen LogP contribution in [0, 0.1) is 11.3 Å². The number of imidazole rings is 1. The summed E-state index contributed by atoms with van der Waals surface area (Å²) in [5.74, 6) is 0.790. The number of benzene rings is 3. The van der Waals surface area contributed by atoms with E-state index in [0.717, 1.165) is 39.5 Å². The lowest BCUT2D eigenvalue weighted by atomic mass is 10.0. The Hall–Kier alpha value is -3.23. The Morgan fingerprint density at radius 3 is 2.79 bits per heavy atom. The molecule has 1 N–H and O–H groups in total. The second kappa shape index (κ2) is 8.20. The minimum atomic E-state index is 0.553. The van der Waals surface area contributed by atoms with Crippen molar-refractivity contribution in [2.45, 2.75) is 18.5 Å². The maximum absolute atomic E-state index is 9.74. The lowest BCUT2D eigenvalue weighted by Gasteiger charge is -2.12. The molecule has 0 amide bonds. The summed E-state index contributed by atoms with van der Waals surface area (Å²) in [5.41, 5.74) is 2.77. The highest BCUT2D eigenvalue weighted by molar-refractivity contribution is 8.03. The number of ether oxygens (including phenoxy) is 1. The van der Waals surface area contributed by atoms with Crippen LogP contribution in [0.4, 0.5) is 0 Å². The van der Waals surface area contributed by atoms with Crippen molar-refractivity contribution >= 4 is 39.6 Å². The zero-order chi connectivity index (χ0) is 19.3. The van der Waals surface area contributed by atoms with Gasteiger partial charge in [0.05, 0.1) is 22.5 Å². The molecule has 1 aromatic heterocycles. The molecular weight excluding hydrogens is 366 g/mol. The van der Waals surface area contributed by atoms with Crippen LogP contribution in [-0.2, 0) is 0 Å². The molecule has 4 nitrogen and oxygen atoms in total. The monoisotopic (exact) mass is 385 g/mol. The first-order valence-corrected chi connectivity index (χ1v) is 9.99. The van der Waals surface area contributed by atoms with Crippen molar-refractivity contribution in [1.82, 2.24) is 9.97 Å². The molecule has 3 aromatic carbocycles. The smallest absolute Gasteiger partial charge is 0.171 e. The van der Waals surface area contributed by atoms with Crippen LogP contribution >= 0.6 is 11.8 Å². The van der Waals surface area contributed by atoms with E-state index in [0.29, 0.717) is 16.7 Å². The van der Waals surface area contributed by atoms with Crippen molar-refractivity contribution in [3.05, 3.63) is 71.1 Å². The highest BCUT2D eigenvalue weighted by Gasteiger charge is 2.11. The third-order valence-corrected chi connectivity index (χ3v) is 5.17. The molecule has 0 radical (unpaired) electrons. The average Bonchev–Trinajstić information content (AvgIpc) is 3.14. The van der Waals surface area contributed by atoms with Gasteiger partial charge in [0.1, 0.15) is 11.8 Å². The molecule has 0 saturated heterocycles. The van der Waals surface area contributed by atoms with E-state index < -0.39 is 0 Å². The predicted octanol–water partition coefficient (Wildman–Crippen LogP) is 6.16. The van der Waals surface area contributed by atoms with Crippen molar-refractivity contribution in [3.63, 3.8) is 0 Å². The van der Waals surface area contributed by atoms with Gasteiger partial charge in [-0.2, -0.15) is 5.26 Å². The zero-order valence-corrected chi connectivity index (χ0v) is 16.3. The molecule has 138 valence electrons. The molecule has 4 rings (SSSR count). The zero-order valence-electron chi connectivity index (χ0n) is 15.5. The number of aromatic amines is 1. The fraction of sp³-hybridized carbons (Fsp3) is 0.130. The van der Waals surface area contributed by atoms with E-state index in [1.165, 1.54) is 11.8 Å². The van der Waals surface area contributed by atoms with Gasteiger partial charge >= 0.3 is 0 Å². The van der Waals surface area contributed by atoms with Gasteiger partial charge in [-0.05, 0) is 53.2 Å². The maximum Gasteiger partial charge on any atom is 0.171 e. The third kappa shape index (κ3) is 3.73. The van der Waals surface area contributed by atoms with E-state index in [-0.39, 0.29) is 0 Å². The van der Waals surface area contributed by atoms with Crippen molar-refractivity contribution < 1.29 is 4.74 Å². The molecule has 0 saturated carbocycles. The largest absolute Gasteiger partial charge is 0.493 e. The molecular formula is C23H19N3OS. The molecule has 5 heteroatoms. The first kappa shape index (κ1) is 18.1. The summed E-state index contributed by atoms with van der Waals surface area (Å²) in [7, 11) is 0. The molecule has 0 aliphatic heterocycles. The van der Waals surface area contributed by atoms with Crippen LogP contribution in [0.5, 0.6) is 5.75 Å².